The Morgan fingerprint density at radius 3 is 2.30 bits per heavy atom. The van der Waals surface area contributed by atoms with Crippen LogP contribution in [0.3, 0.4) is 0 Å². The minimum atomic E-state index is -1.04. The number of hydrogen-bond donors (Lipinski definition) is 4. The highest BCUT2D eigenvalue weighted by Crippen LogP contribution is 2.35. The van der Waals surface area contributed by atoms with Gasteiger partial charge in [-0.3, -0.25) is 29.2 Å². The summed E-state index contributed by atoms with van der Waals surface area (Å²) in [6.45, 7) is 9.88. The number of hydrogen-bond acceptors (Lipinski definition) is 7. The molecule has 2 aromatic rings. The van der Waals surface area contributed by atoms with Gasteiger partial charge < -0.3 is 25.5 Å². The number of piperidine rings is 1. The first-order valence-corrected chi connectivity index (χ1v) is 17.9. The summed E-state index contributed by atoms with van der Waals surface area (Å²) < 4.78 is 0. The number of pyridine rings is 1. The summed E-state index contributed by atoms with van der Waals surface area (Å²) in [5.41, 5.74) is 4.50. The number of carboxylic acids is 1. The molecular formula is C37H51N7O6. The quantitative estimate of drug-likeness (QED) is 0.295. The lowest BCUT2D eigenvalue weighted by atomic mass is 9.76. The third-order valence-corrected chi connectivity index (χ3v) is 10.2. The van der Waals surface area contributed by atoms with Gasteiger partial charge in [0.15, 0.2) is 0 Å². The van der Waals surface area contributed by atoms with Crippen molar-refractivity contribution in [3.8, 4) is 0 Å². The van der Waals surface area contributed by atoms with E-state index in [1.54, 1.807) is 6.92 Å². The lowest BCUT2D eigenvalue weighted by molar-refractivity contribution is -0.148. The Labute approximate surface area is 293 Å². The summed E-state index contributed by atoms with van der Waals surface area (Å²) in [5, 5.41) is 17.4. The lowest BCUT2D eigenvalue weighted by Crippen LogP contribution is -2.61. The number of nitrogens with zero attached hydrogens (tertiary/aromatic N) is 4. The maximum Gasteiger partial charge on any atom is 0.322 e. The molecule has 0 aliphatic carbocycles. The van der Waals surface area contributed by atoms with Crippen LogP contribution in [-0.4, -0.2) is 105 Å². The van der Waals surface area contributed by atoms with E-state index in [0.717, 1.165) is 54.5 Å². The molecule has 1 aromatic carbocycles. The van der Waals surface area contributed by atoms with E-state index in [0.29, 0.717) is 45.3 Å². The summed E-state index contributed by atoms with van der Waals surface area (Å²) in [4.78, 5) is 74.3. The fraction of sp³-hybridized carbons (Fsp3) is 0.568. The standard InChI is InChI=1S/C37H51N7O6/c1-5-28-13-12-27-11-10-26(23-30(27)39-28)14-15-37(16-21-43(22-17-37)36(50)42-18-6-7-19-42)35(49)40-31(24(2)3)32(45)38-25(4)33(46)44-20-8-9-29(41-44)34(47)48/h10-15,23-25,29,31,41H,5-9,16-22H2,1-4H3,(H,38,45)(H,40,49)(H,47,48)/b15-14+. The predicted octanol–water partition coefficient (Wildman–Crippen LogP) is 3.33. The van der Waals surface area contributed by atoms with Gasteiger partial charge in [-0.2, -0.15) is 0 Å². The van der Waals surface area contributed by atoms with Gasteiger partial charge in [-0.05, 0) is 75.5 Å². The molecule has 0 radical (unpaired) electrons. The van der Waals surface area contributed by atoms with Gasteiger partial charge in [0.2, 0.25) is 11.8 Å². The fourth-order valence-electron chi connectivity index (χ4n) is 6.95. The van der Waals surface area contributed by atoms with Crippen LogP contribution < -0.4 is 16.1 Å². The maximum atomic E-state index is 14.3. The minimum absolute atomic E-state index is 0.00350. The molecule has 0 bridgehead atoms. The molecule has 13 nitrogen and oxygen atoms in total. The second kappa shape index (κ2) is 16.0. The SMILES string of the molecule is CCc1ccc2ccc(/C=C/C3(C(=O)NC(C(=O)NC(C)C(=O)N4CCCC(C(=O)O)N4)C(C)C)CCN(C(=O)N4CCCC4)CC3)cc2n1. The Kier molecular flexibility index (Phi) is 11.8. The first kappa shape index (κ1) is 36.8. The van der Waals surface area contributed by atoms with Crippen LogP contribution in [-0.2, 0) is 25.6 Å². The van der Waals surface area contributed by atoms with Crippen molar-refractivity contribution in [1.82, 2.24) is 35.9 Å². The van der Waals surface area contributed by atoms with E-state index >= 15 is 0 Å². The Morgan fingerprint density at radius 2 is 1.64 bits per heavy atom. The number of rotatable bonds is 10. The molecule has 3 aliphatic heterocycles. The van der Waals surface area contributed by atoms with Gasteiger partial charge in [-0.25, -0.2) is 10.2 Å². The number of urea groups is 1. The highest BCUT2D eigenvalue weighted by atomic mass is 16.4. The number of carbonyl (C=O) groups is 5. The van der Waals surface area contributed by atoms with Crippen LogP contribution in [0.1, 0.15) is 77.5 Å². The summed E-state index contributed by atoms with van der Waals surface area (Å²) in [6.07, 6.45) is 8.34. The van der Waals surface area contributed by atoms with Crippen molar-refractivity contribution in [3.05, 3.63) is 47.7 Å². The summed E-state index contributed by atoms with van der Waals surface area (Å²) in [7, 11) is 0. The number of aryl methyl sites for hydroxylation is 1. The van der Waals surface area contributed by atoms with Gasteiger partial charge in [0.05, 0.1) is 10.9 Å². The Morgan fingerprint density at radius 1 is 0.960 bits per heavy atom. The van der Waals surface area contributed by atoms with Crippen LogP contribution in [0.5, 0.6) is 0 Å². The zero-order valence-corrected chi connectivity index (χ0v) is 29.6. The number of likely N-dealkylation sites (tertiary alicyclic amines) is 2. The second-order valence-corrected chi connectivity index (χ2v) is 14.1. The van der Waals surface area contributed by atoms with Crippen LogP contribution in [0.4, 0.5) is 4.79 Å². The molecule has 4 N–H and O–H groups in total. The lowest BCUT2D eigenvalue weighted by Gasteiger charge is -2.41. The molecular weight excluding hydrogens is 638 g/mol. The smallest absolute Gasteiger partial charge is 0.322 e. The summed E-state index contributed by atoms with van der Waals surface area (Å²) in [6, 6.07) is 7.31. The average Bonchev–Trinajstić information content (AvgIpc) is 3.67. The van der Waals surface area contributed by atoms with Gasteiger partial charge in [0, 0.05) is 43.8 Å². The highest BCUT2D eigenvalue weighted by Gasteiger charge is 2.43. The number of aromatic nitrogens is 1. The highest BCUT2D eigenvalue weighted by molar-refractivity contribution is 5.94. The second-order valence-electron chi connectivity index (χ2n) is 14.1. The normalized spacial score (nSPS) is 20.6. The Hall–Kier alpha value is -4.52. The van der Waals surface area contributed by atoms with E-state index in [1.165, 1.54) is 5.01 Å². The van der Waals surface area contributed by atoms with Crippen molar-refractivity contribution in [2.45, 2.75) is 90.8 Å². The number of aliphatic carboxylic acids is 1. The van der Waals surface area contributed by atoms with Crippen molar-refractivity contribution in [3.63, 3.8) is 0 Å². The molecule has 5 rings (SSSR count). The fourth-order valence-corrected chi connectivity index (χ4v) is 6.95. The van der Waals surface area contributed by atoms with E-state index in [-0.39, 0.29) is 17.9 Å². The van der Waals surface area contributed by atoms with Crippen molar-refractivity contribution < 1.29 is 29.1 Å². The van der Waals surface area contributed by atoms with E-state index in [4.69, 9.17) is 4.98 Å². The first-order valence-electron chi connectivity index (χ1n) is 17.9. The average molecular weight is 690 g/mol. The molecule has 50 heavy (non-hydrogen) atoms. The van der Waals surface area contributed by atoms with Gasteiger partial charge >= 0.3 is 12.0 Å². The zero-order chi connectivity index (χ0) is 36.0. The zero-order valence-electron chi connectivity index (χ0n) is 29.6. The predicted molar refractivity (Wildman–Crippen MR) is 189 cm³/mol. The van der Waals surface area contributed by atoms with E-state index in [2.05, 4.69) is 29.0 Å². The van der Waals surface area contributed by atoms with Crippen LogP contribution in [0.15, 0.2) is 36.4 Å². The van der Waals surface area contributed by atoms with Crippen molar-refractivity contribution >= 4 is 46.7 Å². The number of carboxylic acid groups (broad SMARTS) is 1. The van der Waals surface area contributed by atoms with Gasteiger partial charge in [0.1, 0.15) is 18.1 Å². The van der Waals surface area contributed by atoms with Gasteiger partial charge in [-0.15, -0.1) is 0 Å². The molecule has 270 valence electrons. The molecule has 5 amide bonds. The molecule has 0 saturated carbocycles. The summed E-state index contributed by atoms with van der Waals surface area (Å²) >= 11 is 0. The van der Waals surface area contributed by atoms with Crippen LogP contribution in [0, 0.1) is 11.3 Å². The molecule has 0 spiro atoms. The number of carbonyl (C=O) groups excluding carboxylic acids is 4. The van der Waals surface area contributed by atoms with E-state index in [1.807, 2.05) is 60.1 Å². The Bertz CT molecular complexity index is 1610. The number of benzene rings is 1. The summed E-state index contributed by atoms with van der Waals surface area (Å²) in [5.74, 6) is -2.62. The largest absolute Gasteiger partial charge is 0.480 e. The topological polar surface area (TPSA) is 164 Å². The monoisotopic (exact) mass is 689 g/mol. The molecule has 3 aliphatic rings. The van der Waals surface area contributed by atoms with E-state index < -0.39 is 41.3 Å². The maximum absolute atomic E-state index is 14.3. The van der Waals surface area contributed by atoms with Gasteiger partial charge in [0.25, 0.3) is 5.91 Å². The van der Waals surface area contributed by atoms with E-state index in [9.17, 15) is 29.1 Å². The van der Waals surface area contributed by atoms with Gasteiger partial charge in [-0.1, -0.05) is 51.1 Å². The first-order chi connectivity index (χ1) is 23.9. The molecule has 3 fully saturated rings. The molecule has 3 atom stereocenters. The number of nitrogens with one attached hydrogen (secondary N) is 3. The van der Waals surface area contributed by atoms with Crippen molar-refractivity contribution in [2.75, 3.05) is 32.7 Å². The van der Waals surface area contributed by atoms with Crippen molar-refractivity contribution in [2.24, 2.45) is 11.3 Å². The number of hydrazine groups is 1. The number of amides is 5. The third kappa shape index (κ3) is 8.43. The molecule has 1 aromatic heterocycles. The Balaban J connectivity index is 1.33. The van der Waals surface area contributed by atoms with Crippen LogP contribution >= 0.6 is 0 Å². The van der Waals surface area contributed by atoms with Crippen LogP contribution in [0.25, 0.3) is 17.0 Å². The number of fused-ring (bicyclic) bond motifs is 1. The minimum Gasteiger partial charge on any atom is -0.480 e. The van der Waals surface area contributed by atoms with Crippen molar-refractivity contribution in [1.29, 1.82) is 0 Å². The third-order valence-electron chi connectivity index (χ3n) is 10.2. The van der Waals surface area contributed by atoms with Crippen LogP contribution in [0.2, 0.25) is 0 Å². The molecule has 3 saturated heterocycles. The molecule has 4 heterocycles. The molecule has 3 unspecified atom stereocenters. The molecule has 13 heteroatoms.